The van der Waals surface area contributed by atoms with Crippen LogP contribution >= 0.6 is 11.6 Å². The molecule has 0 saturated carbocycles. The molecule has 3 nitrogen and oxygen atoms in total. The highest BCUT2D eigenvalue weighted by Crippen LogP contribution is 2.38. The average molecular weight is 324 g/mol. The maximum Gasteiger partial charge on any atom is 0.143 e. The van der Waals surface area contributed by atoms with Crippen LogP contribution in [-0.4, -0.2) is 0 Å². The first-order valence-corrected chi connectivity index (χ1v) is 7.67. The molecular weight excluding hydrogens is 310 g/mol. The molecule has 0 saturated heterocycles. The fourth-order valence-electron chi connectivity index (χ4n) is 2.69. The van der Waals surface area contributed by atoms with Gasteiger partial charge in [-0.3, -0.25) is 0 Å². The molecule has 1 heterocycles. The van der Waals surface area contributed by atoms with Crippen molar-refractivity contribution in [3.05, 3.63) is 71.2 Å². The van der Waals surface area contributed by atoms with Crippen molar-refractivity contribution >= 4 is 39.2 Å². The Balaban J connectivity index is 1.78. The Morgan fingerprint density at radius 2 is 1.78 bits per heavy atom. The van der Waals surface area contributed by atoms with E-state index >= 15 is 0 Å². The van der Waals surface area contributed by atoms with E-state index in [1.54, 1.807) is 6.07 Å². The van der Waals surface area contributed by atoms with Crippen LogP contribution in [0.3, 0.4) is 0 Å². The fourth-order valence-corrected chi connectivity index (χ4v) is 2.95. The van der Waals surface area contributed by atoms with Gasteiger partial charge in [0, 0.05) is 16.8 Å². The lowest BCUT2D eigenvalue weighted by atomic mass is 10.1. The lowest BCUT2D eigenvalue weighted by Gasteiger charge is -2.09. The third-order valence-electron chi connectivity index (χ3n) is 3.81. The van der Waals surface area contributed by atoms with Crippen molar-refractivity contribution in [1.29, 1.82) is 0 Å². The highest BCUT2D eigenvalue weighted by molar-refractivity contribution is 6.37. The Bertz CT molecular complexity index is 993. The number of anilines is 1. The monoisotopic (exact) mass is 323 g/mol. The summed E-state index contributed by atoms with van der Waals surface area (Å²) in [6, 6.07) is 19.2. The van der Waals surface area contributed by atoms with E-state index in [1.807, 2.05) is 54.6 Å². The molecule has 4 heteroatoms. The van der Waals surface area contributed by atoms with Gasteiger partial charge in [-0.2, -0.15) is 0 Å². The van der Waals surface area contributed by atoms with Crippen molar-refractivity contribution in [3.63, 3.8) is 0 Å². The minimum atomic E-state index is 0.458. The molecule has 0 aliphatic carbocycles. The van der Waals surface area contributed by atoms with Gasteiger partial charge >= 0.3 is 0 Å². The molecule has 4 aromatic rings. The molecule has 0 bridgehead atoms. The number of fused-ring (bicyclic) bond motifs is 3. The Morgan fingerprint density at radius 3 is 2.61 bits per heavy atom. The second-order valence-electron chi connectivity index (χ2n) is 5.38. The smallest absolute Gasteiger partial charge is 0.143 e. The van der Waals surface area contributed by atoms with Crippen LogP contribution in [0.4, 0.5) is 5.69 Å². The molecule has 0 unspecified atom stereocenters. The average Bonchev–Trinajstić information content (AvgIpc) is 2.92. The largest absolute Gasteiger partial charge is 0.487 e. The van der Waals surface area contributed by atoms with Gasteiger partial charge in [-0.05, 0) is 23.8 Å². The van der Waals surface area contributed by atoms with Gasteiger partial charge in [-0.1, -0.05) is 48.0 Å². The number of halogens is 1. The van der Waals surface area contributed by atoms with Gasteiger partial charge in [-0.15, -0.1) is 0 Å². The molecule has 0 spiro atoms. The minimum absolute atomic E-state index is 0.458. The number of benzene rings is 3. The first-order chi connectivity index (χ1) is 11.2. The number of rotatable bonds is 3. The molecule has 4 rings (SSSR count). The third kappa shape index (κ3) is 2.49. The molecule has 0 atom stereocenters. The lowest BCUT2D eigenvalue weighted by Crippen LogP contribution is -1.98. The summed E-state index contributed by atoms with van der Waals surface area (Å²) in [5.74, 6) is 0.629. The van der Waals surface area contributed by atoms with E-state index < -0.39 is 0 Å². The summed E-state index contributed by atoms with van der Waals surface area (Å²) in [4.78, 5) is 0. The van der Waals surface area contributed by atoms with Crippen molar-refractivity contribution in [3.8, 4) is 5.75 Å². The van der Waals surface area contributed by atoms with Crippen LogP contribution in [-0.2, 0) is 6.61 Å². The van der Waals surface area contributed by atoms with Crippen molar-refractivity contribution < 1.29 is 9.15 Å². The molecular formula is C19H14ClNO2. The Morgan fingerprint density at radius 1 is 0.957 bits per heavy atom. The Labute approximate surface area is 138 Å². The molecule has 0 radical (unpaired) electrons. The quantitative estimate of drug-likeness (QED) is 0.513. The number of hydrogen-bond acceptors (Lipinski definition) is 3. The lowest BCUT2D eigenvalue weighted by molar-refractivity contribution is 0.308. The van der Waals surface area contributed by atoms with E-state index in [1.165, 1.54) is 0 Å². The highest BCUT2D eigenvalue weighted by atomic mass is 35.5. The van der Waals surface area contributed by atoms with Crippen molar-refractivity contribution in [2.24, 2.45) is 0 Å². The number of nitrogen functional groups attached to an aromatic ring is 1. The van der Waals surface area contributed by atoms with Gasteiger partial charge in [0.2, 0.25) is 0 Å². The van der Waals surface area contributed by atoms with Crippen molar-refractivity contribution in [2.45, 2.75) is 6.61 Å². The van der Waals surface area contributed by atoms with Gasteiger partial charge in [0.25, 0.3) is 0 Å². The normalized spacial score (nSPS) is 11.2. The summed E-state index contributed by atoms with van der Waals surface area (Å²) >= 11 is 6.31. The maximum absolute atomic E-state index is 6.31. The predicted octanol–water partition coefficient (Wildman–Crippen LogP) is 5.40. The molecule has 0 fully saturated rings. The van der Waals surface area contributed by atoms with Crippen LogP contribution in [0, 0.1) is 0 Å². The minimum Gasteiger partial charge on any atom is -0.487 e. The topological polar surface area (TPSA) is 48.4 Å². The van der Waals surface area contributed by atoms with Crippen LogP contribution < -0.4 is 10.5 Å². The highest BCUT2D eigenvalue weighted by Gasteiger charge is 2.13. The molecule has 1 aromatic heterocycles. The zero-order valence-electron chi connectivity index (χ0n) is 12.3. The van der Waals surface area contributed by atoms with E-state index in [0.717, 1.165) is 21.9 Å². The van der Waals surface area contributed by atoms with Crippen LogP contribution in [0.2, 0.25) is 5.02 Å². The van der Waals surface area contributed by atoms with Gasteiger partial charge < -0.3 is 14.9 Å². The van der Waals surface area contributed by atoms with Crippen molar-refractivity contribution in [2.75, 3.05) is 5.73 Å². The Hall–Kier alpha value is -2.65. The van der Waals surface area contributed by atoms with E-state index in [9.17, 15) is 0 Å². The maximum atomic E-state index is 6.31. The standard InChI is InChI=1S/C19H14ClNO2/c20-14-7-4-8-16-19(14)13-9-18(15(21)10-17(13)23-16)22-11-12-5-2-1-3-6-12/h1-10H,11,21H2. The molecule has 2 N–H and O–H groups in total. The fraction of sp³-hybridized carbons (Fsp3) is 0.0526. The molecule has 23 heavy (non-hydrogen) atoms. The van der Waals surface area contributed by atoms with E-state index in [-0.39, 0.29) is 0 Å². The second-order valence-corrected chi connectivity index (χ2v) is 5.78. The van der Waals surface area contributed by atoms with Gasteiger partial charge in [0.15, 0.2) is 0 Å². The number of furan rings is 1. The molecule has 114 valence electrons. The number of nitrogens with two attached hydrogens (primary N) is 1. The summed E-state index contributed by atoms with van der Waals surface area (Å²) in [6.07, 6.45) is 0. The summed E-state index contributed by atoms with van der Waals surface area (Å²) in [7, 11) is 0. The molecule has 0 aliphatic heterocycles. The van der Waals surface area contributed by atoms with Gasteiger partial charge in [-0.25, -0.2) is 0 Å². The zero-order valence-corrected chi connectivity index (χ0v) is 13.0. The second kappa shape index (κ2) is 5.52. The summed E-state index contributed by atoms with van der Waals surface area (Å²) in [6.45, 7) is 0.458. The molecule has 0 aliphatic rings. The van der Waals surface area contributed by atoms with Crippen molar-refractivity contribution in [1.82, 2.24) is 0 Å². The summed E-state index contributed by atoms with van der Waals surface area (Å²) < 4.78 is 11.7. The van der Waals surface area contributed by atoms with E-state index in [0.29, 0.717) is 28.6 Å². The first kappa shape index (κ1) is 14.0. The Kier molecular flexibility index (Phi) is 3.36. The third-order valence-corrected chi connectivity index (χ3v) is 4.13. The number of ether oxygens (including phenoxy) is 1. The van der Waals surface area contributed by atoms with Crippen LogP contribution in [0.15, 0.2) is 65.1 Å². The van der Waals surface area contributed by atoms with E-state index in [4.69, 9.17) is 26.5 Å². The molecule has 3 aromatic carbocycles. The van der Waals surface area contributed by atoms with Gasteiger partial charge in [0.05, 0.1) is 10.7 Å². The van der Waals surface area contributed by atoms with E-state index in [2.05, 4.69) is 0 Å². The SMILES string of the molecule is Nc1cc2oc3cccc(Cl)c3c2cc1OCc1ccccc1. The summed E-state index contributed by atoms with van der Waals surface area (Å²) in [5, 5.41) is 2.44. The van der Waals surface area contributed by atoms with Crippen LogP contribution in [0.1, 0.15) is 5.56 Å². The predicted molar refractivity (Wildman–Crippen MR) is 93.9 cm³/mol. The van der Waals surface area contributed by atoms with Crippen LogP contribution in [0.5, 0.6) is 5.75 Å². The first-order valence-electron chi connectivity index (χ1n) is 7.29. The number of hydrogen-bond donors (Lipinski definition) is 1. The summed E-state index contributed by atoms with van der Waals surface area (Å²) in [5.41, 5.74) is 9.17. The zero-order chi connectivity index (χ0) is 15.8. The van der Waals surface area contributed by atoms with Crippen LogP contribution in [0.25, 0.3) is 21.9 Å². The van der Waals surface area contributed by atoms with Gasteiger partial charge in [0.1, 0.15) is 23.5 Å². The molecule has 0 amide bonds.